The maximum Gasteiger partial charge on any atom is 0.261 e. The molecule has 40 heavy (non-hydrogen) atoms. The van der Waals surface area contributed by atoms with E-state index in [4.69, 9.17) is 9.16 Å². The van der Waals surface area contributed by atoms with Crippen LogP contribution in [0, 0.1) is 11.3 Å². The minimum atomic E-state index is -2.51. The molecule has 1 aliphatic rings. The van der Waals surface area contributed by atoms with Gasteiger partial charge in [0, 0.05) is 17.9 Å². The molecule has 0 fully saturated rings. The summed E-state index contributed by atoms with van der Waals surface area (Å²) >= 11 is 0. The molecule has 216 valence electrons. The van der Waals surface area contributed by atoms with Gasteiger partial charge in [-0.05, 0) is 60.9 Å². The van der Waals surface area contributed by atoms with E-state index in [1.807, 2.05) is 0 Å². The molecule has 0 heterocycles. The Bertz CT molecular complexity index is 1160. The van der Waals surface area contributed by atoms with Crippen LogP contribution in [0.15, 0.2) is 95.8 Å². The predicted octanol–water partition coefficient (Wildman–Crippen LogP) is 8.16. The number of rotatable bonds is 12. The lowest BCUT2D eigenvalue weighted by Gasteiger charge is -2.42. The lowest BCUT2D eigenvalue weighted by atomic mass is 9.66. The lowest BCUT2D eigenvalue weighted by Crippen LogP contribution is -2.66. The molecule has 0 spiro atoms. The summed E-state index contributed by atoms with van der Waals surface area (Å²) in [5, 5.41) is 2.60. The summed E-state index contributed by atoms with van der Waals surface area (Å²) < 4.78 is 12.4. The van der Waals surface area contributed by atoms with E-state index in [0.717, 1.165) is 37.9 Å². The van der Waals surface area contributed by atoms with Crippen LogP contribution in [-0.4, -0.2) is 27.8 Å². The first-order chi connectivity index (χ1) is 18.9. The fourth-order valence-electron chi connectivity index (χ4n) is 5.93. The predicted molar refractivity (Wildman–Crippen MR) is 172 cm³/mol. The molecular weight excluding hydrogens is 508 g/mol. The van der Waals surface area contributed by atoms with Gasteiger partial charge in [-0.25, -0.2) is 0 Å². The summed E-state index contributed by atoms with van der Waals surface area (Å²) in [6, 6.07) is 21.6. The second kappa shape index (κ2) is 13.8. The quantitative estimate of drug-likeness (QED) is 0.195. The van der Waals surface area contributed by atoms with Crippen molar-refractivity contribution in [3.63, 3.8) is 0 Å². The van der Waals surface area contributed by atoms with Crippen LogP contribution in [-0.2, 0) is 14.0 Å². The first kappa shape index (κ1) is 31.8. The summed E-state index contributed by atoms with van der Waals surface area (Å²) in [5.41, 5.74) is 2.40. The van der Waals surface area contributed by atoms with Crippen molar-refractivity contribution in [3.8, 4) is 0 Å². The third kappa shape index (κ3) is 7.33. The summed E-state index contributed by atoms with van der Waals surface area (Å²) in [6.45, 7) is 16.3. The summed E-state index contributed by atoms with van der Waals surface area (Å²) in [4.78, 5) is 12.8. The third-order valence-electron chi connectivity index (χ3n) is 8.93. The number of carbonyl (C=O) groups is 1. The number of allylic oxidation sites excluding steroid dienone is 5. The molecule has 0 aliphatic heterocycles. The maximum absolute atomic E-state index is 12.8. The van der Waals surface area contributed by atoms with E-state index < -0.39 is 8.32 Å². The summed E-state index contributed by atoms with van der Waals surface area (Å²) in [6.07, 6.45) is 11.0. The smallest absolute Gasteiger partial charge is 0.261 e. The Kier molecular flexibility index (Phi) is 11.0. The zero-order chi connectivity index (χ0) is 29.4. The van der Waals surface area contributed by atoms with E-state index in [2.05, 4.69) is 121 Å². The van der Waals surface area contributed by atoms with Crippen LogP contribution in [0.25, 0.3) is 0 Å². The SMILES string of the molecule is COC1=CC(=O)[C@@](C)(CC/C(C)=C/CC/C(C)=C/CO[Si](c2ccccc2)(c2ccccc2)C(C)(C)C)[C@H](C)C1. The van der Waals surface area contributed by atoms with Crippen molar-refractivity contribution < 1.29 is 14.0 Å². The van der Waals surface area contributed by atoms with Crippen LogP contribution in [0.3, 0.4) is 0 Å². The zero-order valence-corrected chi connectivity index (χ0v) is 27.1. The molecule has 3 rings (SSSR count). The monoisotopic (exact) mass is 558 g/mol. The molecular formula is C36H50O3Si. The number of hydrogen-bond acceptors (Lipinski definition) is 3. The fraction of sp³-hybridized carbons (Fsp3) is 0.472. The van der Waals surface area contributed by atoms with Gasteiger partial charge in [0.15, 0.2) is 5.78 Å². The van der Waals surface area contributed by atoms with Gasteiger partial charge in [-0.3, -0.25) is 4.79 Å². The summed E-state index contributed by atoms with van der Waals surface area (Å²) in [5.74, 6) is 1.30. The van der Waals surface area contributed by atoms with Gasteiger partial charge in [0.1, 0.15) is 0 Å². The molecule has 0 N–H and O–H groups in total. The number of benzene rings is 2. The summed E-state index contributed by atoms with van der Waals surface area (Å²) in [7, 11) is -0.862. The van der Waals surface area contributed by atoms with E-state index in [1.165, 1.54) is 21.5 Å². The molecule has 2 atom stereocenters. The highest BCUT2D eigenvalue weighted by Crippen LogP contribution is 2.42. The Balaban J connectivity index is 1.63. The molecule has 1 aliphatic carbocycles. The van der Waals surface area contributed by atoms with Crippen LogP contribution >= 0.6 is 0 Å². The Morgan fingerprint density at radius 3 is 2.00 bits per heavy atom. The second-order valence-corrected chi connectivity index (χ2v) is 17.1. The van der Waals surface area contributed by atoms with E-state index in [1.54, 1.807) is 13.2 Å². The highest BCUT2D eigenvalue weighted by molar-refractivity contribution is 6.99. The standard InChI is InChI=1S/C36H50O3Si/c1-28(22-24-36(7)30(3)26-31(38-8)27-34(36)37)16-15-17-29(2)23-25-39-40(35(4,5)6,32-18-11-9-12-19-32)33-20-13-10-14-21-33/h9-14,16,18-21,23,27,30H,15,17,22,24-26H2,1-8H3/b28-16+,29-23+/t30-,36+/m1/s1. The maximum atomic E-state index is 12.8. The number of carbonyl (C=O) groups excluding carboxylic acids is 1. The fourth-order valence-corrected chi connectivity index (χ4v) is 10.4. The largest absolute Gasteiger partial charge is 0.501 e. The molecule has 3 nitrogen and oxygen atoms in total. The van der Waals surface area contributed by atoms with Crippen molar-refractivity contribution in [2.75, 3.05) is 13.7 Å². The Morgan fingerprint density at radius 2 is 1.50 bits per heavy atom. The molecule has 2 aromatic carbocycles. The molecule has 2 aromatic rings. The highest BCUT2D eigenvalue weighted by atomic mass is 28.4. The first-order valence-electron chi connectivity index (χ1n) is 14.8. The average molecular weight is 559 g/mol. The second-order valence-electron chi connectivity index (χ2n) is 12.8. The average Bonchev–Trinajstić information content (AvgIpc) is 2.93. The van der Waals surface area contributed by atoms with Crippen molar-refractivity contribution in [3.05, 3.63) is 95.8 Å². The van der Waals surface area contributed by atoms with Crippen molar-refractivity contribution in [2.45, 2.75) is 85.6 Å². The van der Waals surface area contributed by atoms with Crippen molar-refractivity contribution in [1.29, 1.82) is 0 Å². The Morgan fingerprint density at radius 1 is 0.950 bits per heavy atom. The molecule has 0 bridgehead atoms. The van der Waals surface area contributed by atoms with Gasteiger partial charge < -0.3 is 9.16 Å². The van der Waals surface area contributed by atoms with Gasteiger partial charge in [0.05, 0.1) is 19.5 Å². The molecule has 0 saturated carbocycles. The van der Waals surface area contributed by atoms with Gasteiger partial charge in [0.2, 0.25) is 0 Å². The molecule has 0 saturated heterocycles. The van der Waals surface area contributed by atoms with Crippen LogP contribution < -0.4 is 10.4 Å². The van der Waals surface area contributed by atoms with Crippen molar-refractivity contribution in [2.24, 2.45) is 11.3 Å². The molecule has 0 amide bonds. The van der Waals surface area contributed by atoms with Crippen LogP contribution in [0.2, 0.25) is 5.04 Å². The minimum Gasteiger partial charge on any atom is -0.501 e. The minimum absolute atomic E-state index is 0.0217. The number of ether oxygens (including phenoxy) is 1. The zero-order valence-electron chi connectivity index (χ0n) is 26.1. The van der Waals surface area contributed by atoms with Crippen LogP contribution in [0.5, 0.6) is 0 Å². The Hall–Kier alpha value is -2.69. The topological polar surface area (TPSA) is 35.5 Å². The molecule has 0 unspecified atom stereocenters. The van der Waals surface area contributed by atoms with Gasteiger partial charge >= 0.3 is 0 Å². The number of ketones is 1. The first-order valence-corrected chi connectivity index (χ1v) is 16.7. The van der Waals surface area contributed by atoms with Crippen LogP contribution in [0.1, 0.15) is 80.6 Å². The van der Waals surface area contributed by atoms with Gasteiger partial charge in [-0.2, -0.15) is 0 Å². The normalized spacial score (nSPS) is 20.9. The lowest BCUT2D eigenvalue weighted by molar-refractivity contribution is -0.127. The third-order valence-corrected chi connectivity index (χ3v) is 13.9. The molecule has 0 aromatic heterocycles. The van der Waals surface area contributed by atoms with Crippen LogP contribution in [0.4, 0.5) is 0 Å². The highest BCUT2D eigenvalue weighted by Gasteiger charge is 2.50. The van der Waals surface area contributed by atoms with Gasteiger partial charge in [-0.15, -0.1) is 0 Å². The van der Waals surface area contributed by atoms with Crippen molar-refractivity contribution >= 4 is 24.5 Å². The van der Waals surface area contributed by atoms with Gasteiger partial charge in [-0.1, -0.05) is 119 Å². The van der Waals surface area contributed by atoms with E-state index in [-0.39, 0.29) is 22.2 Å². The van der Waals surface area contributed by atoms with E-state index in [0.29, 0.717) is 6.61 Å². The Labute approximate surface area is 244 Å². The van der Waals surface area contributed by atoms with Gasteiger partial charge in [0.25, 0.3) is 8.32 Å². The number of methoxy groups -OCH3 is 1. The molecule has 0 radical (unpaired) electrons. The van der Waals surface area contributed by atoms with E-state index >= 15 is 0 Å². The van der Waals surface area contributed by atoms with E-state index in [9.17, 15) is 4.79 Å². The van der Waals surface area contributed by atoms with Crippen molar-refractivity contribution in [1.82, 2.24) is 0 Å². The number of hydrogen-bond donors (Lipinski definition) is 0. The molecule has 4 heteroatoms.